The predicted octanol–water partition coefficient (Wildman–Crippen LogP) is 5.04. The molecular formula is C20H16ClN3O3S. The predicted molar refractivity (Wildman–Crippen MR) is 110 cm³/mol. The number of aromatic nitrogens is 3. The van der Waals surface area contributed by atoms with Gasteiger partial charge in [0.2, 0.25) is 5.88 Å². The monoisotopic (exact) mass is 413 g/mol. The van der Waals surface area contributed by atoms with Crippen molar-refractivity contribution in [3.8, 4) is 28.0 Å². The number of hydrogen-bond acceptors (Lipinski definition) is 7. The van der Waals surface area contributed by atoms with Crippen LogP contribution in [0, 0.1) is 6.92 Å². The molecule has 3 heterocycles. The van der Waals surface area contributed by atoms with Crippen LogP contribution in [0.4, 0.5) is 0 Å². The second kappa shape index (κ2) is 6.46. The summed E-state index contributed by atoms with van der Waals surface area (Å²) >= 11 is 8.01. The molecule has 6 nitrogen and oxygen atoms in total. The summed E-state index contributed by atoms with van der Waals surface area (Å²) in [5, 5.41) is 1.35. The number of rotatable bonds is 2. The summed E-state index contributed by atoms with van der Waals surface area (Å²) in [4.78, 5) is 13.9. The van der Waals surface area contributed by atoms with Crippen molar-refractivity contribution in [2.24, 2.45) is 0 Å². The molecule has 0 radical (unpaired) electrons. The number of nitrogens with zero attached hydrogens (tertiary/aromatic N) is 3. The van der Waals surface area contributed by atoms with Crippen LogP contribution in [0.5, 0.6) is 17.4 Å². The zero-order chi connectivity index (χ0) is 19.4. The normalized spacial score (nSPS) is 15.9. The van der Waals surface area contributed by atoms with Crippen molar-refractivity contribution in [2.75, 3.05) is 13.7 Å². The van der Waals surface area contributed by atoms with Crippen molar-refractivity contribution in [3.63, 3.8) is 0 Å². The fraction of sp³-hybridized carbons (Fsp3) is 0.250. The molecule has 1 aliphatic heterocycles. The molecule has 28 heavy (non-hydrogen) atoms. The van der Waals surface area contributed by atoms with Gasteiger partial charge in [0.25, 0.3) is 0 Å². The molecule has 142 valence electrons. The fourth-order valence-electron chi connectivity index (χ4n) is 3.30. The van der Waals surface area contributed by atoms with Gasteiger partial charge in [-0.3, -0.25) is 0 Å². The average Bonchev–Trinajstić information content (AvgIpc) is 3.12. The standard InChI is InChI=1S/C20H16ClN3O3S/c1-9-4-11(16-13(5-9)23-15(25-3)7-22-16)20-24-17-12(21)6-14-18(19(17)28-20)26-8-10(2)27-14/h4-7,10H,8H2,1-3H3. The molecule has 4 aromatic rings. The summed E-state index contributed by atoms with van der Waals surface area (Å²) < 4.78 is 17.9. The second-order valence-electron chi connectivity index (χ2n) is 6.71. The number of methoxy groups -OCH3 is 1. The number of aryl methyl sites for hydroxylation is 1. The third-order valence-electron chi connectivity index (χ3n) is 4.54. The van der Waals surface area contributed by atoms with E-state index in [9.17, 15) is 0 Å². The maximum atomic E-state index is 6.50. The van der Waals surface area contributed by atoms with E-state index in [1.54, 1.807) is 19.4 Å². The van der Waals surface area contributed by atoms with Gasteiger partial charge in [-0.2, -0.15) is 0 Å². The van der Waals surface area contributed by atoms with Crippen LogP contribution in [0.15, 0.2) is 24.4 Å². The Balaban J connectivity index is 1.75. The van der Waals surface area contributed by atoms with Gasteiger partial charge < -0.3 is 14.2 Å². The molecule has 0 N–H and O–H groups in total. The zero-order valence-electron chi connectivity index (χ0n) is 15.4. The Bertz CT molecular complexity index is 1240. The molecule has 0 fully saturated rings. The van der Waals surface area contributed by atoms with Crippen LogP contribution in [0.25, 0.3) is 31.8 Å². The van der Waals surface area contributed by atoms with Crippen molar-refractivity contribution in [1.82, 2.24) is 15.0 Å². The summed E-state index contributed by atoms with van der Waals surface area (Å²) in [5.74, 6) is 1.83. The first-order valence-corrected chi connectivity index (χ1v) is 9.97. The molecule has 0 bridgehead atoms. The summed E-state index contributed by atoms with van der Waals surface area (Å²) in [7, 11) is 1.58. The molecule has 1 unspecified atom stereocenters. The third kappa shape index (κ3) is 2.73. The Morgan fingerprint density at radius 3 is 2.89 bits per heavy atom. The maximum absolute atomic E-state index is 6.50. The van der Waals surface area contributed by atoms with Crippen LogP contribution in [-0.4, -0.2) is 34.8 Å². The lowest BCUT2D eigenvalue weighted by atomic mass is 10.1. The van der Waals surface area contributed by atoms with Gasteiger partial charge in [-0.1, -0.05) is 11.6 Å². The van der Waals surface area contributed by atoms with E-state index in [0.717, 1.165) is 31.9 Å². The van der Waals surface area contributed by atoms with Crippen molar-refractivity contribution >= 4 is 44.2 Å². The molecule has 0 spiro atoms. The van der Waals surface area contributed by atoms with Crippen LogP contribution in [-0.2, 0) is 0 Å². The SMILES string of the molecule is COc1cnc2c(-c3nc4c(Cl)cc5c(c4s3)OCC(C)O5)cc(C)cc2n1. The van der Waals surface area contributed by atoms with E-state index >= 15 is 0 Å². The Morgan fingerprint density at radius 1 is 1.21 bits per heavy atom. The minimum Gasteiger partial charge on any atom is -0.484 e. The average molecular weight is 414 g/mol. The van der Waals surface area contributed by atoms with E-state index < -0.39 is 0 Å². The molecule has 8 heteroatoms. The van der Waals surface area contributed by atoms with Crippen LogP contribution >= 0.6 is 22.9 Å². The largest absolute Gasteiger partial charge is 0.484 e. The van der Waals surface area contributed by atoms with Crippen LogP contribution in [0.2, 0.25) is 5.02 Å². The topological polar surface area (TPSA) is 66.4 Å². The van der Waals surface area contributed by atoms with Gasteiger partial charge in [-0.15, -0.1) is 11.3 Å². The highest BCUT2D eigenvalue weighted by Gasteiger charge is 2.25. The lowest BCUT2D eigenvalue weighted by Gasteiger charge is -2.24. The summed E-state index contributed by atoms with van der Waals surface area (Å²) in [6.45, 7) is 4.48. The molecule has 1 aliphatic rings. The van der Waals surface area contributed by atoms with E-state index in [4.69, 9.17) is 30.8 Å². The number of benzene rings is 2. The smallest absolute Gasteiger partial charge is 0.232 e. The van der Waals surface area contributed by atoms with Gasteiger partial charge in [-0.05, 0) is 31.5 Å². The molecule has 2 aromatic carbocycles. The Hall–Kier alpha value is -2.64. The Labute approximate surface area is 170 Å². The van der Waals surface area contributed by atoms with E-state index in [1.807, 2.05) is 19.9 Å². The zero-order valence-corrected chi connectivity index (χ0v) is 17.0. The third-order valence-corrected chi connectivity index (χ3v) is 5.92. The van der Waals surface area contributed by atoms with Gasteiger partial charge >= 0.3 is 0 Å². The molecule has 1 atom stereocenters. The van der Waals surface area contributed by atoms with Crippen LogP contribution < -0.4 is 14.2 Å². The highest BCUT2D eigenvalue weighted by molar-refractivity contribution is 7.22. The van der Waals surface area contributed by atoms with Crippen molar-refractivity contribution < 1.29 is 14.2 Å². The van der Waals surface area contributed by atoms with Crippen molar-refractivity contribution in [2.45, 2.75) is 20.0 Å². The fourth-order valence-corrected chi connectivity index (χ4v) is 4.69. The van der Waals surface area contributed by atoms with Crippen LogP contribution in [0.3, 0.4) is 0 Å². The van der Waals surface area contributed by atoms with E-state index in [1.165, 1.54) is 11.3 Å². The van der Waals surface area contributed by atoms with Gasteiger partial charge in [-0.25, -0.2) is 15.0 Å². The van der Waals surface area contributed by atoms with Gasteiger partial charge in [0.1, 0.15) is 27.9 Å². The number of thiazole rings is 1. The summed E-state index contributed by atoms with van der Waals surface area (Å²) in [5.41, 5.74) is 4.19. The van der Waals surface area contributed by atoms with E-state index in [-0.39, 0.29) is 6.10 Å². The first-order valence-electron chi connectivity index (χ1n) is 8.77. The molecule has 2 aromatic heterocycles. The molecule has 5 rings (SSSR count). The lowest BCUT2D eigenvalue weighted by Crippen LogP contribution is -2.25. The lowest BCUT2D eigenvalue weighted by molar-refractivity contribution is 0.106. The highest BCUT2D eigenvalue weighted by Crippen LogP contribution is 2.47. The number of ether oxygens (including phenoxy) is 3. The van der Waals surface area contributed by atoms with E-state index in [2.05, 4.69) is 16.0 Å². The maximum Gasteiger partial charge on any atom is 0.232 e. The van der Waals surface area contributed by atoms with Gasteiger partial charge in [0.15, 0.2) is 11.5 Å². The number of hydrogen-bond donors (Lipinski definition) is 0. The first kappa shape index (κ1) is 17.5. The minimum atomic E-state index is -0.0145. The van der Waals surface area contributed by atoms with Crippen molar-refractivity contribution in [3.05, 3.63) is 35.0 Å². The van der Waals surface area contributed by atoms with E-state index in [0.29, 0.717) is 34.5 Å². The minimum absolute atomic E-state index is 0.0145. The van der Waals surface area contributed by atoms with Gasteiger partial charge in [0, 0.05) is 11.6 Å². The highest BCUT2D eigenvalue weighted by atomic mass is 35.5. The first-order chi connectivity index (χ1) is 13.5. The molecule has 0 saturated heterocycles. The molecule has 0 amide bonds. The molecule has 0 saturated carbocycles. The summed E-state index contributed by atoms with van der Waals surface area (Å²) in [6.07, 6.45) is 1.60. The molecule has 0 aliphatic carbocycles. The Kier molecular flexibility index (Phi) is 4.03. The van der Waals surface area contributed by atoms with Gasteiger partial charge in [0.05, 0.1) is 29.4 Å². The quantitative estimate of drug-likeness (QED) is 0.458. The number of fused-ring (bicyclic) bond motifs is 4. The molecular weight excluding hydrogens is 398 g/mol. The second-order valence-corrected chi connectivity index (χ2v) is 8.12. The van der Waals surface area contributed by atoms with Crippen LogP contribution in [0.1, 0.15) is 12.5 Å². The van der Waals surface area contributed by atoms with Crippen molar-refractivity contribution in [1.29, 1.82) is 0 Å². The number of halogens is 1. The summed E-state index contributed by atoms with van der Waals surface area (Å²) in [6, 6.07) is 5.81. The Morgan fingerprint density at radius 2 is 2.07 bits per heavy atom.